The molecule has 0 aromatic rings. The van der Waals surface area contributed by atoms with Crippen LogP contribution < -0.4 is 0 Å². The first-order valence-electron chi connectivity index (χ1n) is 9.72. The van der Waals surface area contributed by atoms with Crippen molar-refractivity contribution < 1.29 is 42.9 Å². The molecule has 9 heteroatoms. The number of rotatable bonds is 4. The number of ketones is 1. The van der Waals surface area contributed by atoms with E-state index in [0.717, 1.165) is 0 Å². The summed E-state index contributed by atoms with van der Waals surface area (Å²) in [7, 11) is 0. The predicted octanol–water partition coefficient (Wildman–Crippen LogP) is 2.47. The van der Waals surface area contributed by atoms with Gasteiger partial charge in [-0.05, 0) is 76.2 Å². The lowest BCUT2D eigenvalue weighted by Gasteiger charge is -2.32. The van der Waals surface area contributed by atoms with Gasteiger partial charge in [0.1, 0.15) is 16.8 Å². The van der Waals surface area contributed by atoms with Crippen LogP contribution in [0, 0.1) is 0 Å². The first-order valence-corrected chi connectivity index (χ1v) is 9.72. The minimum absolute atomic E-state index is 0.957. The van der Waals surface area contributed by atoms with E-state index in [9.17, 15) is 19.2 Å². The van der Waals surface area contributed by atoms with E-state index in [0.29, 0.717) is 0 Å². The van der Waals surface area contributed by atoms with Gasteiger partial charge in [0, 0.05) is 0 Å². The Balaban J connectivity index is 3.59. The van der Waals surface area contributed by atoms with Gasteiger partial charge in [-0.3, -0.25) is 4.79 Å². The van der Waals surface area contributed by atoms with Crippen molar-refractivity contribution in [3.05, 3.63) is 0 Å². The van der Waals surface area contributed by atoms with Crippen LogP contribution in [0.4, 0.5) is 0 Å². The third kappa shape index (κ3) is 6.50. The van der Waals surface area contributed by atoms with Crippen LogP contribution in [0.2, 0.25) is 0 Å². The third-order valence-corrected chi connectivity index (χ3v) is 3.42. The maximum atomic E-state index is 13.3. The second-order valence-corrected chi connectivity index (χ2v) is 10.6. The van der Waals surface area contributed by atoms with E-state index in [2.05, 4.69) is 0 Å². The molecular weight excluding hydrogens is 396 g/mol. The highest BCUT2D eigenvalue weighted by Crippen LogP contribution is 2.41. The average Bonchev–Trinajstić information content (AvgIpc) is 2.74. The number of Topliss-reactive ketones (excluding diaryl/α,β-unsaturated/α-hetero) is 1. The largest absolute Gasteiger partial charge is 0.458 e. The molecule has 0 N–H and O–H groups in total. The molecule has 0 spiro atoms. The van der Waals surface area contributed by atoms with Gasteiger partial charge in [-0.15, -0.1) is 0 Å². The summed E-state index contributed by atoms with van der Waals surface area (Å²) in [5.41, 5.74) is -5.76. The van der Waals surface area contributed by atoms with Gasteiger partial charge in [-0.2, -0.15) is 0 Å². The lowest BCUT2D eigenvalue weighted by molar-refractivity contribution is -0.203. The predicted molar refractivity (Wildman–Crippen MR) is 105 cm³/mol. The Labute approximate surface area is 177 Å². The van der Waals surface area contributed by atoms with Gasteiger partial charge in [0.25, 0.3) is 11.4 Å². The maximum Gasteiger partial charge on any atom is 0.379 e. The highest BCUT2D eigenvalue weighted by atomic mass is 16.8. The van der Waals surface area contributed by atoms with Crippen molar-refractivity contribution in [3.8, 4) is 0 Å². The minimum Gasteiger partial charge on any atom is -0.458 e. The SMILES string of the molecule is CC(C)(C)OC(=O)C(=O)[C@]1(C(=O)OC(C)(C)C)OC(C)(C)O[C@H]1C(=O)OC(C)(C)C. The fourth-order valence-electron chi connectivity index (χ4n) is 2.64. The van der Waals surface area contributed by atoms with E-state index < -0.39 is 58.0 Å². The molecule has 1 rings (SSSR count). The monoisotopic (exact) mass is 430 g/mol. The molecule has 1 heterocycles. The van der Waals surface area contributed by atoms with Crippen molar-refractivity contribution in [2.75, 3.05) is 0 Å². The zero-order valence-corrected chi connectivity index (χ0v) is 19.8. The molecule has 0 bridgehead atoms. The summed E-state index contributed by atoms with van der Waals surface area (Å²) in [6, 6.07) is 0. The zero-order valence-electron chi connectivity index (χ0n) is 19.8. The number of hydrogen-bond donors (Lipinski definition) is 0. The normalized spacial score (nSPS) is 24.2. The van der Waals surface area contributed by atoms with E-state index >= 15 is 0 Å². The molecule has 1 aliphatic heterocycles. The molecule has 0 aliphatic carbocycles. The highest BCUT2D eigenvalue weighted by Gasteiger charge is 2.70. The van der Waals surface area contributed by atoms with Crippen LogP contribution in [0.1, 0.15) is 76.2 Å². The van der Waals surface area contributed by atoms with Crippen molar-refractivity contribution >= 4 is 23.7 Å². The fraction of sp³-hybridized carbons (Fsp3) is 0.810. The fourth-order valence-corrected chi connectivity index (χ4v) is 2.64. The Kier molecular flexibility index (Phi) is 6.88. The summed E-state index contributed by atoms with van der Waals surface area (Å²) in [6.45, 7) is 17.0. The lowest BCUT2D eigenvalue weighted by atomic mass is 9.90. The van der Waals surface area contributed by atoms with E-state index in [1.807, 2.05) is 0 Å². The molecule has 0 aromatic carbocycles. The topological polar surface area (TPSA) is 114 Å². The minimum atomic E-state index is -2.72. The molecule has 0 unspecified atom stereocenters. The van der Waals surface area contributed by atoms with Gasteiger partial charge in [-0.25, -0.2) is 14.4 Å². The van der Waals surface area contributed by atoms with Crippen LogP contribution in [0.5, 0.6) is 0 Å². The number of ether oxygens (including phenoxy) is 5. The third-order valence-electron chi connectivity index (χ3n) is 3.42. The van der Waals surface area contributed by atoms with Crippen molar-refractivity contribution in [2.24, 2.45) is 0 Å². The van der Waals surface area contributed by atoms with Crippen LogP contribution >= 0.6 is 0 Å². The molecular formula is C21H34O9. The quantitative estimate of drug-likeness (QED) is 0.287. The lowest BCUT2D eigenvalue weighted by Crippen LogP contribution is -2.62. The van der Waals surface area contributed by atoms with Crippen LogP contribution in [0.25, 0.3) is 0 Å². The van der Waals surface area contributed by atoms with Crippen LogP contribution in [-0.4, -0.2) is 58.0 Å². The van der Waals surface area contributed by atoms with Gasteiger partial charge in [0.15, 0.2) is 5.79 Å². The molecule has 9 nitrogen and oxygen atoms in total. The van der Waals surface area contributed by atoms with Crippen LogP contribution in [0.3, 0.4) is 0 Å². The van der Waals surface area contributed by atoms with Crippen LogP contribution in [0.15, 0.2) is 0 Å². The van der Waals surface area contributed by atoms with E-state index in [4.69, 9.17) is 23.7 Å². The van der Waals surface area contributed by atoms with Crippen molar-refractivity contribution in [1.82, 2.24) is 0 Å². The average molecular weight is 430 g/mol. The summed E-state index contributed by atoms with van der Waals surface area (Å²) in [4.78, 5) is 52.0. The molecule has 0 saturated carbocycles. The van der Waals surface area contributed by atoms with E-state index in [-0.39, 0.29) is 0 Å². The van der Waals surface area contributed by atoms with Crippen LogP contribution in [-0.2, 0) is 42.9 Å². The second-order valence-electron chi connectivity index (χ2n) is 10.6. The highest BCUT2D eigenvalue weighted by molar-refractivity contribution is 6.42. The number of hydrogen-bond acceptors (Lipinski definition) is 9. The van der Waals surface area contributed by atoms with Crippen molar-refractivity contribution in [3.63, 3.8) is 0 Å². The summed E-state index contributed by atoms with van der Waals surface area (Å²) < 4.78 is 27.0. The molecule has 2 atom stereocenters. The van der Waals surface area contributed by atoms with Gasteiger partial charge in [0.2, 0.25) is 6.10 Å². The summed E-state index contributed by atoms with van der Waals surface area (Å²) in [5, 5.41) is 0. The van der Waals surface area contributed by atoms with Gasteiger partial charge < -0.3 is 23.7 Å². The Morgan fingerprint density at radius 2 is 1.17 bits per heavy atom. The van der Waals surface area contributed by atoms with Crippen molar-refractivity contribution in [1.29, 1.82) is 0 Å². The van der Waals surface area contributed by atoms with E-state index in [1.54, 1.807) is 62.3 Å². The summed E-state index contributed by atoms with van der Waals surface area (Å²) >= 11 is 0. The standard InChI is InChI=1S/C21H34O9/c1-17(2,3)27-14(23)12(22)21(16(25)29-19(7,8)9)13(26-20(10,11)30-21)15(24)28-18(4,5)6/h13H,1-11H3/t13-,21-/m0/s1. The Hall–Kier alpha value is -2.00. The Morgan fingerprint density at radius 1 is 0.733 bits per heavy atom. The van der Waals surface area contributed by atoms with Gasteiger partial charge >= 0.3 is 17.9 Å². The Morgan fingerprint density at radius 3 is 1.57 bits per heavy atom. The molecule has 0 amide bonds. The molecule has 1 fully saturated rings. The molecule has 30 heavy (non-hydrogen) atoms. The first kappa shape index (κ1) is 26.0. The first-order chi connectivity index (χ1) is 13.1. The molecule has 0 aromatic heterocycles. The van der Waals surface area contributed by atoms with E-state index in [1.165, 1.54) is 13.8 Å². The maximum absolute atomic E-state index is 13.3. The number of carbonyl (C=O) groups excluding carboxylic acids is 4. The molecule has 172 valence electrons. The smallest absolute Gasteiger partial charge is 0.379 e. The molecule has 1 saturated heterocycles. The number of esters is 3. The Bertz CT molecular complexity index is 716. The van der Waals surface area contributed by atoms with Gasteiger partial charge in [0.05, 0.1) is 0 Å². The molecule has 0 radical (unpaired) electrons. The zero-order chi connectivity index (χ0) is 23.9. The number of carbonyl (C=O) groups is 4. The van der Waals surface area contributed by atoms with Gasteiger partial charge in [-0.1, -0.05) is 0 Å². The second kappa shape index (κ2) is 7.92. The summed E-state index contributed by atoms with van der Waals surface area (Å²) in [6.07, 6.45) is -1.87. The van der Waals surface area contributed by atoms with Crippen molar-refractivity contribution in [2.45, 2.75) is 110 Å². The summed E-state index contributed by atoms with van der Waals surface area (Å²) in [5.74, 6) is -6.63. The molecule has 1 aliphatic rings.